The number of thiazole rings is 1. The first kappa shape index (κ1) is 18.9. The fourth-order valence-electron chi connectivity index (χ4n) is 2.51. The minimum Gasteiger partial charge on any atom is -0.493 e. The quantitative estimate of drug-likeness (QED) is 0.667. The molecule has 0 saturated heterocycles. The molecular weight excluding hydrogens is 386 g/mol. The minimum absolute atomic E-state index is 0.213. The van der Waals surface area contributed by atoms with Crippen molar-refractivity contribution >= 4 is 40.9 Å². The molecule has 0 bridgehead atoms. The number of hydrogen-bond acceptors (Lipinski definition) is 5. The number of ketones is 1. The smallest absolute Gasteiger partial charge is 0.266 e. The van der Waals surface area contributed by atoms with Crippen molar-refractivity contribution in [1.82, 2.24) is 4.98 Å². The largest absolute Gasteiger partial charge is 0.493 e. The molecule has 1 aromatic heterocycles. The van der Waals surface area contributed by atoms with Crippen molar-refractivity contribution in [2.24, 2.45) is 0 Å². The highest BCUT2D eigenvalue weighted by atomic mass is 35.5. The average molecular weight is 402 g/mol. The summed E-state index contributed by atoms with van der Waals surface area (Å²) in [4.78, 5) is 27.3. The molecule has 0 radical (unpaired) electrons. The third kappa shape index (κ3) is 4.30. The number of aromatic nitrogens is 1. The van der Waals surface area contributed by atoms with Gasteiger partial charge in [-0.2, -0.15) is 0 Å². The van der Waals surface area contributed by atoms with Crippen LogP contribution in [0.3, 0.4) is 0 Å². The lowest BCUT2D eigenvalue weighted by Gasteiger charge is -2.09. The number of rotatable bonds is 5. The standard InChI is InChI=1S/C20H16ClNO4S/c1-25-16-5-3-4-13(19(16)26-2)10-17-20(24)22-18(27-17)11-15(23)12-6-8-14(21)9-7-12/h3-11H,1-2H3,(H,22,24)/b17-10-,18-11-. The van der Waals surface area contributed by atoms with E-state index in [2.05, 4.69) is 4.98 Å². The van der Waals surface area contributed by atoms with Gasteiger partial charge in [0.1, 0.15) is 0 Å². The van der Waals surface area contributed by atoms with Crippen LogP contribution in [0.2, 0.25) is 5.02 Å². The topological polar surface area (TPSA) is 68.4 Å². The molecule has 0 fully saturated rings. The maximum atomic E-state index is 12.3. The monoisotopic (exact) mass is 401 g/mol. The van der Waals surface area contributed by atoms with E-state index >= 15 is 0 Å². The molecule has 0 aliphatic heterocycles. The molecule has 0 spiro atoms. The molecule has 0 aliphatic rings. The number of carbonyl (C=O) groups is 1. The van der Waals surface area contributed by atoms with Crippen LogP contribution in [0.25, 0.3) is 12.2 Å². The number of nitrogens with one attached hydrogen (secondary N) is 1. The van der Waals surface area contributed by atoms with Crippen molar-refractivity contribution < 1.29 is 14.3 Å². The van der Waals surface area contributed by atoms with E-state index in [0.29, 0.717) is 36.8 Å². The number of carbonyl (C=O) groups excluding carboxylic acids is 1. The summed E-state index contributed by atoms with van der Waals surface area (Å²) in [7, 11) is 3.09. The Kier molecular flexibility index (Phi) is 5.78. The highest BCUT2D eigenvalue weighted by Gasteiger charge is 2.08. The van der Waals surface area contributed by atoms with Crippen LogP contribution < -0.4 is 24.2 Å². The van der Waals surface area contributed by atoms with Crippen molar-refractivity contribution in [3.63, 3.8) is 0 Å². The Morgan fingerprint density at radius 3 is 2.52 bits per heavy atom. The molecular formula is C20H16ClNO4S. The first-order valence-corrected chi connectivity index (χ1v) is 9.14. The Morgan fingerprint density at radius 2 is 1.85 bits per heavy atom. The lowest BCUT2D eigenvalue weighted by Crippen LogP contribution is -2.20. The van der Waals surface area contributed by atoms with E-state index in [1.807, 2.05) is 12.1 Å². The van der Waals surface area contributed by atoms with E-state index in [0.717, 1.165) is 0 Å². The molecule has 0 unspecified atom stereocenters. The van der Waals surface area contributed by atoms with Gasteiger partial charge in [0.25, 0.3) is 5.56 Å². The van der Waals surface area contributed by atoms with Gasteiger partial charge in [0.05, 0.1) is 23.4 Å². The van der Waals surface area contributed by atoms with Gasteiger partial charge < -0.3 is 14.5 Å². The van der Waals surface area contributed by atoms with Gasteiger partial charge in [0.15, 0.2) is 17.3 Å². The normalized spacial score (nSPS) is 12.3. The summed E-state index contributed by atoms with van der Waals surface area (Å²) >= 11 is 7.02. The number of Topliss-reactive ketones (excluding diaryl/α,β-unsaturated/α-hetero) is 1. The zero-order chi connectivity index (χ0) is 19.4. The lowest BCUT2D eigenvalue weighted by molar-refractivity contribution is 0.106. The van der Waals surface area contributed by atoms with Crippen molar-refractivity contribution in [3.05, 3.63) is 78.2 Å². The summed E-state index contributed by atoms with van der Waals surface area (Å²) in [6.45, 7) is 0. The molecule has 3 rings (SSSR count). The molecule has 27 heavy (non-hydrogen) atoms. The number of hydrogen-bond donors (Lipinski definition) is 1. The predicted octanol–water partition coefficient (Wildman–Crippen LogP) is 2.60. The summed E-state index contributed by atoms with van der Waals surface area (Å²) in [6, 6.07) is 12.0. The molecule has 3 aromatic rings. The zero-order valence-corrected chi connectivity index (χ0v) is 16.2. The molecule has 1 N–H and O–H groups in total. The zero-order valence-electron chi connectivity index (χ0n) is 14.6. The molecule has 2 aromatic carbocycles. The SMILES string of the molecule is COc1cccc(/C=c2\s/c(=C\C(=O)c3ccc(Cl)cc3)[nH]c2=O)c1OC. The molecule has 0 saturated carbocycles. The fraction of sp³-hybridized carbons (Fsp3) is 0.100. The van der Waals surface area contributed by atoms with Gasteiger partial charge in [-0.1, -0.05) is 23.7 Å². The minimum atomic E-state index is -0.278. The summed E-state index contributed by atoms with van der Waals surface area (Å²) in [5.41, 5.74) is 0.924. The van der Waals surface area contributed by atoms with Crippen LogP contribution in [0.15, 0.2) is 47.3 Å². The van der Waals surface area contributed by atoms with Crippen molar-refractivity contribution in [2.45, 2.75) is 0 Å². The molecule has 138 valence electrons. The van der Waals surface area contributed by atoms with Gasteiger partial charge in [0.2, 0.25) is 0 Å². The van der Waals surface area contributed by atoms with E-state index in [4.69, 9.17) is 21.1 Å². The Balaban J connectivity index is 2.02. The summed E-state index contributed by atoms with van der Waals surface area (Å²) < 4.78 is 11.6. The number of aromatic amines is 1. The van der Waals surface area contributed by atoms with Crippen LogP contribution in [0.1, 0.15) is 15.9 Å². The predicted molar refractivity (Wildman–Crippen MR) is 108 cm³/mol. The number of benzene rings is 2. The fourth-order valence-corrected chi connectivity index (χ4v) is 3.51. The van der Waals surface area contributed by atoms with Crippen molar-refractivity contribution in [2.75, 3.05) is 14.2 Å². The van der Waals surface area contributed by atoms with Gasteiger partial charge in [-0.25, -0.2) is 0 Å². The van der Waals surface area contributed by atoms with Gasteiger partial charge in [0, 0.05) is 22.2 Å². The average Bonchev–Trinajstić information content (AvgIpc) is 3.00. The van der Waals surface area contributed by atoms with Crippen LogP contribution in [0, 0.1) is 0 Å². The second-order valence-electron chi connectivity index (χ2n) is 5.53. The van der Waals surface area contributed by atoms with Gasteiger partial charge in [-0.15, -0.1) is 11.3 Å². The second-order valence-corrected chi connectivity index (χ2v) is 7.05. The highest BCUT2D eigenvalue weighted by molar-refractivity contribution is 7.07. The second kappa shape index (κ2) is 8.24. The molecule has 0 amide bonds. The third-order valence-corrected chi connectivity index (χ3v) is 5.01. The van der Waals surface area contributed by atoms with Crippen molar-refractivity contribution in [3.8, 4) is 11.5 Å². The van der Waals surface area contributed by atoms with Crippen molar-refractivity contribution in [1.29, 1.82) is 0 Å². The number of para-hydroxylation sites is 1. The highest BCUT2D eigenvalue weighted by Crippen LogP contribution is 2.30. The van der Waals surface area contributed by atoms with Crippen LogP contribution >= 0.6 is 22.9 Å². The summed E-state index contributed by atoms with van der Waals surface area (Å²) in [6.07, 6.45) is 3.10. The summed E-state index contributed by atoms with van der Waals surface area (Å²) in [5, 5.41) is 0.556. The van der Waals surface area contributed by atoms with Gasteiger partial charge >= 0.3 is 0 Å². The Labute approximate surface area is 164 Å². The first-order chi connectivity index (χ1) is 13.0. The molecule has 5 nitrogen and oxygen atoms in total. The maximum Gasteiger partial charge on any atom is 0.266 e. The molecule has 1 heterocycles. The van der Waals surface area contributed by atoms with E-state index in [1.165, 1.54) is 24.5 Å². The first-order valence-electron chi connectivity index (χ1n) is 7.95. The van der Waals surface area contributed by atoms with E-state index in [9.17, 15) is 9.59 Å². The number of H-pyrrole nitrogens is 1. The van der Waals surface area contributed by atoms with E-state index < -0.39 is 0 Å². The Morgan fingerprint density at radius 1 is 1.11 bits per heavy atom. The number of methoxy groups -OCH3 is 2. The molecule has 7 heteroatoms. The molecule has 0 atom stereocenters. The van der Waals surface area contributed by atoms with Crippen LogP contribution in [-0.2, 0) is 0 Å². The van der Waals surface area contributed by atoms with Crippen LogP contribution in [0.5, 0.6) is 11.5 Å². The van der Waals surface area contributed by atoms with Gasteiger partial charge in [-0.05, 0) is 36.4 Å². The maximum absolute atomic E-state index is 12.3. The number of halogens is 1. The van der Waals surface area contributed by atoms with E-state index in [1.54, 1.807) is 43.5 Å². The van der Waals surface area contributed by atoms with E-state index in [-0.39, 0.29) is 11.3 Å². The van der Waals surface area contributed by atoms with Crippen LogP contribution in [0.4, 0.5) is 0 Å². The Bertz CT molecular complexity index is 1150. The summed E-state index contributed by atoms with van der Waals surface area (Å²) in [5.74, 6) is 0.897. The molecule has 0 aliphatic carbocycles. The van der Waals surface area contributed by atoms with Gasteiger partial charge in [-0.3, -0.25) is 9.59 Å². The Hall–Kier alpha value is -2.83. The van der Waals surface area contributed by atoms with Crippen LogP contribution in [-0.4, -0.2) is 25.0 Å². The lowest BCUT2D eigenvalue weighted by atomic mass is 10.1. The number of ether oxygens (including phenoxy) is 2. The third-order valence-electron chi connectivity index (χ3n) is 3.79.